The average Bonchev–Trinajstić information content (AvgIpc) is 3.26. The molecule has 1 aliphatic carbocycles. The molecule has 0 radical (unpaired) electrons. The van der Waals surface area contributed by atoms with Gasteiger partial charge in [-0.2, -0.15) is 0 Å². The molecule has 4 rings (SSSR count). The molecule has 0 bridgehead atoms. The number of carbonyl (C=O) groups excluding carboxylic acids is 1. The molecule has 160 valence electrons. The third-order valence-electron chi connectivity index (χ3n) is 5.42. The molecule has 1 aliphatic heterocycles. The maximum atomic E-state index is 12.5. The number of hydrogen-bond acceptors (Lipinski definition) is 5. The van der Waals surface area contributed by atoms with E-state index in [0.29, 0.717) is 24.5 Å². The van der Waals surface area contributed by atoms with E-state index in [2.05, 4.69) is 10.0 Å². The van der Waals surface area contributed by atoms with Crippen molar-refractivity contribution in [1.29, 1.82) is 0 Å². The Hall–Kier alpha value is -2.58. The second-order valence-corrected chi connectivity index (χ2v) is 9.37. The van der Waals surface area contributed by atoms with Gasteiger partial charge in [-0.15, -0.1) is 0 Å². The van der Waals surface area contributed by atoms with E-state index in [1.54, 1.807) is 36.4 Å². The van der Waals surface area contributed by atoms with E-state index < -0.39 is 16.1 Å². The fourth-order valence-corrected chi connectivity index (χ4v) is 5.06. The topological polar surface area (TPSA) is 93.7 Å². The molecule has 1 heterocycles. The maximum absolute atomic E-state index is 12.5. The van der Waals surface area contributed by atoms with Crippen molar-refractivity contribution >= 4 is 15.9 Å². The largest absolute Gasteiger partial charge is 0.485 e. The van der Waals surface area contributed by atoms with Crippen LogP contribution in [0.3, 0.4) is 0 Å². The van der Waals surface area contributed by atoms with Gasteiger partial charge in [0.2, 0.25) is 16.1 Å². The standard InChI is InChI=1S/C22H26N2O5S/c25-22(21-15-28-19-7-3-4-8-20(19)29-21)23-14-13-16-9-11-18(12-10-16)30(26,27)24-17-5-1-2-6-17/h3-4,7-12,17,21,24H,1-2,5-6,13-15H2,(H,23,25). The van der Waals surface area contributed by atoms with Gasteiger partial charge in [0.1, 0.15) is 6.61 Å². The van der Waals surface area contributed by atoms with Crippen LogP contribution in [0.5, 0.6) is 11.5 Å². The summed E-state index contributed by atoms with van der Waals surface area (Å²) in [5, 5.41) is 2.85. The molecule has 8 heteroatoms. The summed E-state index contributed by atoms with van der Waals surface area (Å²) in [5.74, 6) is 0.968. The molecule has 0 saturated heterocycles. The summed E-state index contributed by atoms with van der Waals surface area (Å²) >= 11 is 0. The van der Waals surface area contributed by atoms with Crippen LogP contribution in [0.4, 0.5) is 0 Å². The zero-order chi connectivity index (χ0) is 21.0. The molecule has 1 atom stereocenters. The van der Waals surface area contributed by atoms with Crippen LogP contribution in [0, 0.1) is 0 Å². The minimum atomic E-state index is -3.48. The predicted molar refractivity (Wildman–Crippen MR) is 112 cm³/mol. The molecule has 2 aromatic carbocycles. The van der Waals surface area contributed by atoms with Crippen molar-refractivity contribution in [3.05, 3.63) is 54.1 Å². The summed E-state index contributed by atoms with van der Waals surface area (Å²) in [6, 6.07) is 14.1. The van der Waals surface area contributed by atoms with Crippen molar-refractivity contribution in [2.24, 2.45) is 0 Å². The highest BCUT2D eigenvalue weighted by Crippen LogP contribution is 2.30. The molecule has 0 spiro atoms. The van der Waals surface area contributed by atoms with E-state index in [1.165, 1.54) is 0 Å². The Morgan fingerprint density at radius 3 is 2.43 bits per heavy atom. The predicted octanol–water partition coefficient (Wildman–Crippen LogP) is 2.41. The van der Waals surface area contributed by atoms with Gasteiger partial charge in [-0.3, -0.25) is 4.79 Å². The van der Waals surface area contributed by atoms with Crippen LogP contribution in [0.2, 0.25) is 0 Å². The SMILES string of the molecule is O=C(NCCc1ccc(S(=O)(=O)NC2CCCC2)cc1)C1COc2ccccc2O1. The van der Waals surface area contributed by atoms with E-state index in [-0.39, 0.29) is 23.5 Å². The van der Waals surface area contributed by atoms with Gasteiger partial charge in [0.15, 0.2) is 11.5 Å². The molecule has 2 aromatic rings. The summed E-state index contributed by atoms with van der Waals surface area (Å²) in [6.07, 6.45) is 3.85. The number of hydrogen-bond donors (Lipinski definition) is 2. The molecule has 7 nitrogen and oxygen atoms in total. The lowest BCUT2D eigenvalue weighted by Gasteiger charge is -2.25. The number of rotatable bonds is 7. The lowest BCUT2D eigenvalue weighted by Crippen LogP contribution is -2.44. The first-order chi connectivity index (χ1) is 14.5. The van der Waals surface area contributed by atoms with Gasteiger partial charge in [-0.25, -0.2) is 13.1 Å². The molecule has 1 unspecified atom stereocenters. The van der Waals surface area contributed by atoms with Gasteiger partial charge in [0.25, 0.3) is 5.91 Å². The molecule has 1 amide bonds. The molecule has 2 N–H and O–H groups in total. The first-order valence-electron chi connectivity index (χ1n) is 10.3. The lowest BCUT2D eigenvalue weighted by atomic mass is 10.1. The average molecular weight is 431 g/mol. The van der Waals surface area contributed by atoms with E-state index in [4.69, 9.17) is 9.47 Å². The van der Waals surface area contributed by atoms with Crippen LogP contribution in [0.25, 0.3) is 0 Å². The Morgan fingerprint density at radius 2 is 1.70 bits per heavy atom. The van der Waals surface area contributed by atoms with Crippen LogP contribution >= 0.6 is 0 Å². The fourth-order valence-electron chi connectivity index (χ4n) is 3.76. The van der Waals surface area contributed by atoms with Crippen LogP contribution < -0.4 is 19.5 Å². The quantitative estimate of drug-likeness (QED) is 0.704. The molecule has 30 heavy (non-hydrogen) atoms. The number of sulfonamides is 1. The maximum Gasteiger partial charge on any atom is 0.264 e. The van der Waals surface area contributed by atoms with E-state index in [0.717, 1.165) is 31.2 Å². The summed E-state index contributed by atoms with van der Waals surface area (Å²) in [4.78, 5) is 12.6. The Bertz CT molecular complexity index is 985. The van der Waals surface area contributed by atoms with Crippen LogP contribution in [0.15, 0.2) is 53.4 Å². The van der Waals surface area contributed by atoms with Crippen LogP contribution in [0.1, 0.15) is 31.2 Å². The summed E-state index contributed by atoms with van der Waals surface area (Å²) < 4.78 is 39.0. The van der Waals surface area contributed by atoms with E-state index in [1.807, 2.05) is 12.1 Å². The highest BCUT2D eigenvalue weighted by atomic mass is 32.2. The molecular formula is C22H26N2O5S. The molecule has 0 aromatic heterocycles. The van der Waals surface area contributed by atoms with Crippen molar-refractivity contribution in [3.8, 4) is 11.5 Å². The second-order valence-electron chi connectivity index (χ2n) is 7.65. The van der Waals surface area contributed by atoms with Crippen LogP contribution in [-0.4, -0.2) is 39.6 Å². The molecule has 2 aliphatic rings. The minimum absolute atomic E-state index is 0.0443. The van der Waals surface area contributed by atoms with Crippen LogP contribution in [-0.2, 0) is 21.2 Å². The smallest absolute Gasteiger partial charge is 0.264 e. The number of nitrogens with one attached hydrogen (secondary N) is 2. The Labute approximate surface area is 176 Å². The highest BCUT2D eigenvalue weighted by molar-refractivity contribution is 7.89. The first-order valence-corrected chi connectivity index (χ1v) is 11.8. The van der Waals surface area contributed by atoms with Gasteiger partial charge < -0.3 is 14.8 Å². The van der Waals surface area contributed by atoms with Gasteiger partial charge in [0, 0.05) is 12.6 Å². The number of carbonyl (C=O) groups is 1. The molecule has 1 fully saturated rings. The van der Waals surface area contributed by atoms with Crippen molar-refractivity contribution in [1.82, 2.24) is 10.0 Å². The molecule has 1 saturated carbocycles. The normalized spacial score (nSPS) is 18.9. The van der Waals surface area contributed by atoms with Gasteiger partial charge in [0.05, 0.1) is 4.90 Å². The summed E-state index contributed by atoms with van der Waals surface area (Å²) in [6.45, 7) is 0.593. The number of ether oxygens (including phenoxy) is 2. The zero-order valence-corrected chi connectivity index (χ0v) is 17.5. The minimum Gasteiger partial charge on any atom is -0.485 e. The number of fused-ring (bicyclic) bond motifs is 1. The van der Waals surface area contributed by atoms with Crippen molar-refractivity contribution in [3.63, 3.8) is 0 Å². The third-order valence-corrected chi connectivity index (χ3v) is 6.96. The Balaban J connectivity index is 1.26. The number of benzene rings is 2. The zero-order valence-electron chi connectivity index (χ0n) is 16.7. The Kier molecular flexibility index (Phi) is 6.24. The molecular weight excluding hydrogens is 404 g/mol. The monoisotopic (exact) mass is 430 g/mol. The summed E-state index contributed by atoms with van der Waals surface area (Å²) in [5.41, 5.74) is 0.946. The fraction of sp³-hybridized carbons (Fsp3) is 0.409. The first kappa shape index (κ1) is 20.7. The van der Waals surface area contributed by atoms with Crippen molar-refractivity contribution < 1.29 is 22.7 Å². The van der Waals surface area contributed by atoms with Gasteiger partial charge in [-0.05, 0) is 49.1 Å². The summed E-state index contributed by atoms with van der Waals surface area (Å²) in [7, 11) is -3.48. The highest BCUT2D eigenvalue weighted by Gasteiger charge is 2.27. The second kappa shape index (κ2) is 9.06. The van der Waals surface area contributed by atoms with Gasteiger partial charge in [-0.1, -0.05) is 37.1 Å². The number of amides is 1. The van der Waals surface area contributed by atoms with Gasteiger partial charge >= 0.3 is 0 Å². The van der Waals surface area contributed by atoms with E-state index in [9.17, 15) is 13.2 Å². The Morgan fingerprint density at radius 1 is 1.00 bits per heavy atom. The lowest BCUT2D eigenvalue weighted by molar-refractivity contribution is -0.130. The van der Waals surface area contributed by atoms with Crippen molar-refractivity contribution in [2.75, 3.05) is 13.2 Å². The van der Waals surface area contributed by atoms with Crippen molar-refractivity contribution in [2.45, 2.75) is 49.1 Å². The van der Waals surface area contributed by atoms with E-state index >= 15 is 0 Å². The third kappa shape index (κ3) is 4.94. The number of para-hydroxylation sites is 2.